The molecule has 0 aliphatic carbocycles. The van der Waals surface area contributed by atoms with Crippen LogP contribution < -0.4 is 5.32 Å². The quantitative estimate of drug-likeness (QED) is 0.768. The van der Waals surface area contributed by atoms with E-state index in [2.05, 4.69) is 10.4 Å². The number of rotatable bonds is 5. The number of nitrogens with zero attached hydrogens (tertiary/aromatic N) is 3. The van der Waals surface area contributed by atoms with Crippen LogP contribution in [0.1, 0.15) is 30.1 Å². The van der Waals surface area contributed by atoms with Crippen molar-refractivity contribution in [1.82, 2.24) is 20.1 Å². The van der Waals surface area contributed by atoms with Crippen LogP contribution in [-0.4, -0.2) is 39.9 Å². The van der Waals surface area contributed by atoms with Gasteiger partial charge in [-0.05, 0) is 25.8 Å². The van der Waals surface area contributed by atoms with E-state index >= 15 is 0 Å². The zero-order valence-corrected chi connectivity index (χ0v) is 14.8. The van der Waals surface area contributed by atoms with Gasteiger partial charge < -0.3 is 10.1 Å². The van der Waals surface area contributed by atoms with E-state index in [-0.39, 0.29) is 12.0 Å². The summed E-state index contributed by atoms with van der Waals surface area (Å²) < 4.78 is 7.42. The fraction of sp³-hybridized carbons (Fsp3) is 0.350. The second-order valence-corrected chi connectivity index (χ2v) is 6.46. The van der Waals surface area contributed by atoms with Crippen molar-refractivity contribution in [3.05, 3.63) is 48.2 Å². The standard InChI is InChI=1S/C20H22N4O2/c1-2-24-19-17(13-22-24)16(20(25)21-12-15-9-6-10-26-15)11-18(23-19)14-7-4-3-5-8-14/h3-5,7-8,11,13,15H,2,6,9-10,12H2,1H3,(H,21,25)/t15-/m1/s1. The fourth-order valence-electron chi connectivity index (χ4n) is 3.33. The first-order valence-electron chi connectivity index (χ1n) is 9.08. The van der Waals surface area contributed by atoms with E-state index in [0.717, 1.165) is 41.7 Å². The first-order chi connectivity index (χ1) is 12.8. The SMILES string of the molecule is CCn1ncc2c(C(=O)NC[C@H]3CCCO3)cc(-c3ccccc3)nc21. The Morgan fingerprint density at radius 3 is 2.92 bits per heavy atom. The predicted molar refractivity (Wildman–Crippen MR) is 99.9 cm³/mol. The third-order valence-electron chi connectivity index (χ3n) is 4.74. The molecular formula is C20H22N4O2. The molecule has 0 radical (unpaired) electrons. The Hall–Kier alpha value is -2.73. The molecule has 0 spiro atoms. The third kappa shape index (κ3) is 3.20. The van der Waals surface area contributed by atoms with E-state index in [0.29, 0.717) is 18.7 Å². The Morgan fingerprint density at radius 2 is 2.19 bits per heavy atom. The van der Waals surface area contributed by atoms with Crippen LogP contribution in [0.5, 0.6) is 0 Å². The molecule has 26 heavy (non-hydrogen) atoms. The van der Waals surface area contributed by atoms with E-state index in [4.69, 9.17) is 9.72 Å². The molecular weight excluding hydrogens is 328 g/mol. The van der Waals surface area contributed by atoms with Crippen LogP contribution in [0.2, 0.25) is 0 Å². The van der Waals surface area contributed by atoms with Gasteiger partial charge in [-0.25, -0.2) is 9.67 Å². The van der Waals surface area contributed by atoms with Gasteiger partial charge in [0.15, 0.2) is 5.65 Å². The van der Waals surface area contributed by atoms with Crippen LogP contribution in [0.4, 0.5) is 0 Å². The van der Waals surface area contributed by atoms with Gasteiger partial charge in [0.25, 0.3) is 5.91 Å². The molecule has 3 aromatic rings. The zero-order chi connectivity index (χ0) is 17.9. The van der Waals surface area contributed by atoms with Gasteiger partial charge in [-0.15, -0.1) is 0 Å². The molecule has 1 fully saturated rings. The maximum Gasteiger partial charge on any atom is 0.252 e. The summed E-state index contributed by atoms with van der Waals surface area (Å²) in [7, 11) is 0. The number of amides is 1. The largest absolute Gasteiger partial charge is 0.376 e. The molecule has 1 amide bonds. The van der Waals surface area contributed by atoms with Crippen LogP contribution in [0.15, 0.2) is 42.6 Å². The van der Waals surface area contributed by atoms with Gasteiger partial charge in [-0.2, -0.15) is 5.10 Å². The minimum absolute atomic E-state index is 0.110. The average Bonchev–Trinajstić information content (AvgIpc) is 3.35. The van der Waals surface area contributed by atoms with Gasteiger partial charge in [0, 0.05) is 25.3 Å². The molecule has 1 aliphatic rings. The van der Waals surface area contributed by atoms with Crippen LogP contribution >= 0.6 is 0 Å². The number of aromatic nitrogens is 3. The summed E-state index contributed by atoms with van der Waals surface area (Å²) in [6.07, 6.45) is 3.89. The number of fused-ring (bicyclic) bond motifs is 1. The van der Waals surface area contributed by atoms with Crippen LogP contribution in [0, 0.1) is 0 Å². The van der Waals surface area contributed by atoms with E-state index in [1.807, 2.05) is 48.0 Å². The molecule has 0 unspecified atom stereocenters. The Labute approximate surface area is 152 Å². The summed E-state index contributed by atoms with van der Waals surface area (Å²) in [6.45, 7) is 4.03. The van der Waals surface area contributed by atoms with Crippen molar-refractivity contribution < 1.29 is 9.53 Å². The normalized spacial score (nSPS) is 16.9. The highest BCUT2D eigenvalue weighted by atomic mass is 16.5. The van der Waals surface area contributed by atoms with Crippen LogP contribution in [0.25, 0.3) is 22.3 Å². The molecule has 6 heteroatoms. The summed E-state index contributed by atoms with van der Waals surface area (Å²) >= 11 is 0. The molecule has 2 aromatic heterocycles. The van der Waals surface area contributed by atoms with Crippen molar-refractivity contribution in [2.45, 2.75) is 32.4 Å². The van der Waals surface area contributed by atoms with Crippen molar-refractivity contribution in [2.24, 2.45) is 0 Å². The molecule has 1 aromatic carbocycles. The average molecular weight is 350 g/mol. The minimum Gasteiger partial charge on any atom is -0.376 e. The van der Waals surface area contributed by atoms with E-state index in [1.54, 1.807) is 6.20 Å². The Bertz CT molecular complexity index is 914. The Morgan fingerprint density at radius 1 is 1.35 bits per heavy atom. The van der Waals surface area contributed by atoms with E-state index < -0.39 is 0 Å². The van der Waals surface area contributed by atoms with Crippen molar-refractivity contribution in [3.8, 4) is 11.3 Å². The summed E-state index contributed by atoms with van der Waals surface area (Å²) in [6, 6.07) is 11.7. The molecule has 1 atom stereocenters. The van der Waals surface area contributed by atoms with Gasteiger partial charge in [0.2, 0.25) is 0 Å². The molecule has 0 saturated carbocycles. The number of benzene rings is 1. The first-order valence-corrected chi connectivity index (χ1v) is 9.08. The zero-order valence-electron chi connectivity index (χ0n) is 14.8. The number of nitrogens with one attached hydrogen (secondary N) is 1. The second kappa shape index (κ2) is 7.25. The van der Waals surface area contributed by atoms with Crippen LogP contribution in [0.3, 0.4) is 0 Å². The molecule has 3 heterocycles. The van der Waals surface area contributed by atoms with Crippen molar-refractivity contribution in [3.63, 3.8) is 0 Å². The second-order valence-electron chi connectivity index (χ2n) is 6.46. The van der Waals surface area contributed by atoms with Crippen LogP contribution in [-0.2, 0) is 11.3 Å². The van der Waals surface area contributed by atoms with Gasteiger partial charge >= 0.3 is 0 Å². The number of ether oxygens (including phenoxy) is 1. The highest BCUT2D eigenvalue weighted by Crippen LogP contribution is 2.25. The number of hydrogen-bond donors (Lipinski definition) is 1. The Balaban J connectivity index is 1.72. The minimum atomic E-state index is -0.110. The van der Waals surface area contributed by atoms with Gasteiger partial charge in [-0.3, -0.25) is 4.79 Å². The molecule has 4 rings (SSSR count). The molecule has 1 saturated heterocycles. The fourth-order valence-corrected chi connectivity index (χ4v) is 3.33. The maximum absolute atomic E-state index is 12.9. The van der Waals surface area contributed by atoms with Gasteiger partial charge in [-0.1, -0.05) is 30.3 Å². The monoisotopic (exact) mass is 350 g/mol. The molecule has 1 N–H and O–H groups in total. The molecule has 6 nitrogen and oxygen atoms in total. The first kappa shape index (κ1) is 16.7. The van der Waals surface area contributed by atoms with Crippen molar-refractivity contribution >= 4 is 16.9 Å². The molecule has 134 valence electrons. The lowest BCUT2D eigenvalue weighted by Crippen LogP contribution is -2.31. The topological polar surface area (TPSA) is 69.0 Å². The summed E-state index contributed by atoms with van der Waals surface area (Å²) in [5, 5.41) is 8.16. The van der Waals surface area contributed by atoms with E-state index in [1.165, 1.54) is 0 Å². The highest BCUT2D eigenvalue weighted by molar-refractivity contribution is 6.06. The number of pyridine rings is 1. The molecule has 0 bridgehead atoms. The lowest BCUT2D eigenvalue weighted by molar-refractivity contribution is 0.0859. The van der Waals surface area contributed by atoms with E-state index in [9.17, 15) is 4.79 Å². The summed E-state index contributed by atoms with van der Waals surface area (Å²) in [4.78, 5) is 17.6. The van der Waals surface area contributed by atoms with Gasteiger partial charge in [0.05, 0.1) is 28.9 Å². The molecule has 1 aliphatic heterocycles. The number of carbonyl (C=O) groups is 1. The lowest BCUT2D eigenvalue weighted by atomic mass is 10.1. The van der Waals surface area contributed by atoms with Crippen molar-refractivity contribution in [1.29, 1.82) is 0 Å². The number of hydrogen-bond acceptors (Lipinski definition) is 4. The smallest absolute Gasteiger partial charge is 0.252 e. The third-order valence-corrected chi connectivity index (χ3v) is 4.74. The summed E-state index contributed by atoms with van der Waals surface area (Å²) in [5.41, 5.74) is 3.09. The predicted octanol–water partition coefficient (Wildman–Crippen LogP) is 3.03. The number of aryl methyl sites for hydroxylation is 1. The van der Waals surface area contributed by atoms with Crippen molar-refractivity contribution in [2.75, 3.05) is 13.2 Å². The number of carbonyl (C=O) groups excluding carboxylic acids is 1. The summed E-state index contributed by atoms with van der Waals surface area (Å²) in [5.74, 6) is -0.110. The lowest BCUT2D eigenvalue weighted by Gasteiger charge is -2.12. The van der Waals surface area contributed by atoms with Gasteiger partial charge in [0.1, 0.15) is 0 Å². The Kier molecular flexibility index (Phi) is 4.67. The highest BCUT2D eigenvalue weighted by Gasteiger charge is 2.20. The maximum atomic E-state index is 12.9.